The predicted octanol–water partition coefficient (Wildman–Crippen LogP) is 2.81. The Bertz CT molecular complexity index is 822. The minimum Gasteiger partial charge on any atom is -0.356 e. The van der Waals surface area contributed by atoms with Gasteiger partial charge in [0.05, 0.1) is 0 Å². The summed E-state index contributed by atoms with van der Waals surface area (Å²) >= 11 is 5.80. The first-order chi connectivity index (χ1) is 13.7. The topological polar surface area (TPSA) is 69.6 Å². The quantitative estimate of drug-likeness (QED) is 0.325. The van der Waals surface area contributed by atoms with Gasteiger partial charge in [0, 0.05) is 45.0 Å². The maximum Gasteiger partial charge on any atom is 0.227 e. The number of guanidine groups is 1. The number of amides is 1. The number of rotatable bonds is 7. The van der Waals surface area contributed by atoms with Crippen LogP contribution in [0, 0.1) is 0 Å². The first-order valence-corrected chi connectivity index (χ1v) is 9.98. The van der Waals surface area contributed by atoms with Crippen molar-refractivity contribution >= 4 is 29.2 Å². The van der Waals surface area contributed by atoms with Gasteiger partial charge in [-0.05, 0) is 42.5 Å². The van der Waals surface area contributed by atoms with Crippen molar-refractivity contribution in [3.05, 3.63) is 58.9 Å². The number of aliphatic imine (C=N–C) groups is 1. The molecule has 2 heterocycles. The summed E-state index contributed by atoms with van der Waals surface area (Å²) in [6.07, 6.45) is 4.84. The number of carbonyl (C=O) groups excluding carboxylic acids is 1. The molecule has 0 saturated carbocycles. The van der Waals surface area contributed by atoms with Crippen molar-refractivity contribution in [1.29, 1.82) is 0 Å². The van der Waals surface area contributed by atoms with Gasteiger partial charge < -0.3 is 15.5 Å². The summed E-state index contributed by atoms with van der Waals surface area (Å²) in [5.74, 6) is 0.922. The van der Waals surface area contributed by atoms with Gasteiger partial charge in [0.1, 0.15) is 5.15 Å². The molecule has 0 fully saturated rings. The molecule has 1 aliphatic rings. The molecule has 6 nitrogen and oxygen atoms in total. The maximum atomic E-state index is 12.5. The zero-order chi connectivity index (χ0) is 19.8. The van der Waals surface area contributed by atoms with Crippen molar-refractivity contribution in [3.63, 3.8) is 0 Å². The normalized spacial score (nSPS) is 13.4. The van der Waals surface area contributed by atoms with E-state index >= 15 is 0 Å². The van der Waals surface area contributed by atoms with Gasteiger partial charge in [-0.3, -0.25) is 9.79 Å². The lowest BCUT2D eigenvalue weighted by molar-refractivity contribution is -0.118. The molecule has 0 radical (unpaired) electrons. The van der Waals surface area contributed by atoms with Crippen LogP contribution in [0.5, 0.6) is 0 Å². The number of nitrogens with zero attached hydrogens (tertiary/aromatic N) is 3. The number of pyridine rings is 1. The van der Waals surface area contributed by atoms with Crippen molar-refractivity contribution in [2.75, 3.05) is 31.6 Å². The summed E-state index contributed by atoms with van der Waals surface area (Å²) in [5, 5.41) is 7.03. The number of hydrogen-bond acceptors (Lipinski definition) is 3. The number of hydrogen-bond donors (Lipinski definition) is 2. The van der Waals surface area contributed by atoms with Gasteiger partial charge >= 0.3 is 0 Å². The van der Waals surface area contributed by atoms with E-state index < -0.39 is 0 Å². The van der Waals surface area contributed by atoms with Gasteiger partial charge in [-0.25, -0.2) is 4.98 Å². The molecule has 28 heavy (non-hydrogen) atoms. The third-order valence-corrected chi connectivity index (χ3v) is 4.99. The lowest BCUT2D eigenvalue weighted by Gasteiger charge is -2.17. The molecule has 0 bridgehead atoms. The van der Waals surface area contributed by atoms with E-state index in [2.05, 4.69) is 26.7 Å². The van der Waals surface area contributed by atoms with Crippen LogP contribution in [0.3, 0.4) is 0 Å². The molecule has 0 atom stereocenters. The zero-order valence-electron chi connectivity index (χ0n) is 16.1. The molecule has 7 heteroatoms. The average molecular weight is 400 g/mol. The minimum absolute atomic E-state index is 0.185. The van der Waals surface area contributed by atoms with Crippen molar-refractivity contribution in [3.8, 4) is 0 Å². The van der Waals surface area contributed by atoms with E-state index in [1.165, 1.54) is 5.56 Å². The molecular weight excluding hydrogens is 374 g/mol. The summed E-state index contributed by atoms with van der Waals surface area (Å²) in [7, 11) is 1.74. The molecule has 1 amide bonds. The number of nitrogens with one attached hydrogen (secondary N) is 2. The summed E-state index contributed by atoms with van der Waals surface area (Å²) in [6, 6.07) is 11.9. The van der Waals surface area contributed by atoms with Crippen LogP contribution in [-0.2, 0) is 17.6 Å². The number of fused-ring (bicyclic) bond motifs is 1. The second kappa shape index (κ2) is 10.1. The minimum atomic E-state index is 0.185. The molecule has 0 spiro atoms. The van der Waals surface area contributed by atoms with E-state index in [-0.39, 0.29) is 5.91 Å². The second-order valence-electron chi connectivity index (χ2n) is 6.69. The van der Waals surface area contributed by atoms with Gasteiger partial charge in [0.2, 0.25) is 5.91 Å². The fraction of sp³-hybridized carbons (Fsp3) is 0.381. The van der Waals surface area contributed by atoms with Crippen molar-refractivity contribution in [2.45, 2.75) is 25.7 Å². The molecule has 0 saturated heterocycles. The SMILES string of the molecule is CN=C(NCCCC(=O)N1CCc2ccccc21)NCCc1ccc(Cl)nc1. The summed E-state index contributed by atoms with van der Waals surface area (Å²) in [5.41, 5.74) is 3.44. The second-order valence-corrected chi connectivity index (χ2v) is 7.08. The van der Waals surface area contributed by atoms with E-state index in [4.69, 9.17) is 11.6 Å². The number of aromatic nitrogens is 1. The van der Waals surface area contributed by atoms with E-state index in [1.807, 2.05) is 29.2 Å². The fourth-order valence-electron chi connectivity index (χ4n) is 3.28. The van der Waals surface area contributed by atoms with Crippen molar-refractivity contribution < 1.29 is 4.79 Å². The summed E-state index contributed by atoms with van der Waals surface area (Å²) < 4.78 is 0. The fourth-order valence-corrected chi connectivity index (χ4v) is 3.39. The van der Waals surface area contributed by atoms with Gasteiger partial charge in [-0.1, -0.05) is 35.9 Å². The van der Waals surface area contributed by atoms with Crippen LogP contribution in [-0.4, -0.2) is 43.5 Å². The summed E-state index contributed by atoms with van der Waals surface area (Å²) in [6.45, 7) is 2.23. The Kier molecular flexibility index (Phi) is 7.25. The molecule has 1 aromatic carbocycles. The lowest BCUT2D eigenvalue weighted by Crippen LogP contribution is -2.39. The lowest BCUT2D eigenvalue weighted by atomic mass is 10.2. The molecule has 148 valence electrons. The van der Waals surface area contributed by atoms with E-state index in [9.17, 15) is 4.79 Å². The molecule has 0 unspecified atom stereocenters. The number of benzene rings is 1. The third-order valence-electron chi connectivity index (χ3n) is 4.77. The van der Waals surface area contributed by atoms with Crippen LogP contribution in [0.15, 0.2) is 47.6 Å². The number of halogens is 1. The average Bonchev–Trinajstić information content (AvgIpc) is 3.15. The maximum absolute atomic E-state index is 12.5. The highest BCUT2D eigenvalue weighted by Gasteiger charge is 2.23. The highest BCUT2D eigenvalue weighted by atomic mass is 35.5. The van der Waals surface area contributed by atoms with Crippen molar-refractivity contribution in [1.82, 2.24) is 15.6 Å². The summed E-state index contributed by atoms with van der Waals surface area (Å²) in [4.78, 5) is 22.7. The Balaban J connectivity index is 1.34. The Morgan fingerprint density at radius 3 is 2.82 bits per heavy atom. The smallest absolute Gasteiger partial charge is 0.227 e. The molecule has 1 aromatic heterocycles. The van der Waals surface area contributed by atoms with Crippen molar-refractivity contribution in [2.24, 2.45) is 4.99 Å². The molecular formula is C21H26ClN5O. The Morgan fingerprint density at radius 1 is 1.21 bits per heavy atom. The van der Waals surface area contributed by atoms with Crippen LogP contribution in [0.4, 0.5) is 5.69 Å². The number of anilines is 1. The first kappa shape index (κ1) is 20.1. The van der Waals surface area contributed by atoms with Crippen LogP contribution in [0.25, 0.3) is 0 Å². The van der Waals surface area contributed by atoms with Crippen LogP contribution in [0.2, 0.25) is 5.15 Å². The number of para-hydroxylation sites is 1. The predicted molar refractivity (Wildman–Crippen MR) is 114 cm³/mol. The zero-order valence-corrected chi connectivity index (χ0v) is 16.9. The molecule has 1 aliphatic heterocycles. The standard InChI is InChI=1S/C21H26ClN5O/c1-23-21(25-13-10-16-8-9-19(22)26-15-16)24-12-4-7-20(28)27-14-11-17-5-2-3-6-18(17)27/h2-3,5-6,8-9,15H,4,7,10-14H2,1H3,(H2,23,24,25). The van der Waals surface area contributed by atoms with E-state index in [1.54, 1.807) is 19.3 Å². The Hall–Kier alpha value is -2.60. The monoisotopic (exact) mass is 399 g/mol. The molecule has 2 aromatic rings. The molecule has 0 aliphatic carbocycles. The largest absolute Gasteiger partial charge is 0.356 e. The first-order valence-electron chi connectivity index (χ1n) is 9.60. The van der Waals surface area contributed by atoms with E-state index in [0.717, 1.165) is 49.6 Å². The van der Waals surface area contributed by atoms with Gasteiger partial charge in [-0.15, -0.1) is 0 Å². The van der Waals surface area contributed by atoms with Crippen LogP contribution >= 0.6 is 11.6 Å². The van der Waals surface area contributed by atoms with Gasteiger partial charge in [0.25, 0.3) is 0 Å². The highest BCUT2D eigenvalue weighted by molar-refractivity contribution is 6.29. The van der Waals surface area contributed by atoms with Gasteiger partial charge in [-0.2, -0.15) is 0 Å². The highest BCUT2D eigenvalue weighted by Crippen LogP contribution is 2.27. The Labute approximate surface area is 171 Å². The van der Waals surface area contributed by atoms with Gasteiger partial charge in [0.15, 0.2) is 5.96 Å². The van der Waals surface area contributed by atoms with Crippen LogP contribution < -0.4 is 15.5 Å². The number of carbonyl (C=O) groups is 1. The van der Waals surface area contributed by atoms with E-state index in [0.29, 0.717) is 18.1 Å². The molecule has 2 N–H and O–H groups in total. The van der Waals surface area contributed by atoms with Crippen LogP contribution in [0.1, 0.15) is 24.0 Å². The third kappa shape index (κ3) is 5.45. The molecule has 3 rings (SSSR count). The Morgan fingerprint density at radius 2 is 2.04 bits per heavy atom.